The van der Waals surface area contributed by atoms with E-state index in [4.69, 9.17) is 0 Å². The van der Waals surface area contributed by atoms with Gasteiger partial charge in [0, 0.05) is 6.04 Å². The second kappa shape index (κ2) is 5.64. The topological polar surface area (TPSA) is 12.0 Å². The maximum absolute atomic E-state index is 3.61. The Labute approximate surface area is 84.3 Å². The van der Waals surface area contributed by atoms with Gasteiger partial charge in [-0.1, -0.05) is 41.0 Å². The molecular weight excluding hydrogens is 158 g/mol. The molecule has 0 spiro atoms. The molecule has 1 N–H and O–H groups in total. The maximum Gasteiger partial charge on any atom is 0.00873 e. The van der Waals surface area contributed by atoms with E-state index in [1.807, 2.05) is 0 Å². The van der Waals surface area contributed by atoms with Gasteiger partial charge < -0.3 is 5.32 Å². The molecule has 13 heavy (non-hydrogen) atoms. The number of nitrogens with one attached hydrogen (secondary N) is 1. The molecule has 0 saturated carbocycles. The second-order valence-electron chi connectivity index (χ2n) is 5.39. The molecule has 0 amide bonds. The van der Waals surface area contributed by atoms with Gasteiger partial charge in [-0.15, -0.1) is 0 Å². The highest BCUT2D eigenvalue weighted by Crippen LogP contribution is 2.18. The van der Waals surface area contributed by atoms with Crippen LogP contribution < -0.4 is 5.32 Å². The van der Waals surface area contributed by atoms with E-state index >= 15 is 0 Å². The van der Waals surface area contributed by atoms with E-state index in [0.717, 1.165) is 12.5 Å². The second-order valence-corrected chi connectivity index (χ2v) is 5.39. The van der Waals surface area contributed by atoms with Crippen LogP contribution >= 0.6 is 0 Å². The van der Waals surface area contributed by atoms with Crippen LogP contribution in [0.3, 0.4) is 0 Å². The predicted octanol–water partition coefficient (Wildman–Crippen LogP) is 3.45. The minimum Gasteiger partial charge on any atom is -0.313 e. The lowest BCUT2D eigenvalue weighted by Crippen LogP contribution is -2.39. The summed E-state index contributed by atoms with van der Waals surface area (Å²) in [7, 11) is 0. The van der Waals surface area contributed by atoms with Gasteiger partial charge in [0.05, 0.1) is 0 Å². The first-order valence-electron chi connectivity index (χ1n) is 5.61. The Balaban J connectivity index is 3.63. The smallest absolute Gasteiger partial charge is 0.00873 e. The van der Waals surface area contributed by atoms with Gasteiger partial charge in [0.2, 0.25) is 0 Å². The molecule has 1 heteroatoms. The standard InChI is InChI=1S/C12H27N/c1-7-8-10(2)9-13-11(3)12(4,5)6/h10-11,13H,7-9H2,1-6H3/t10?,11-/m1/s1. The van der Waals surface area contributed by atoms with E-state index in [9.17, 15) is 0 Å². The van der Waals surface area contributed by atoms with Gasteiger partial charge in [-0.05, 0) is 31.2 Å². The van der Waals surface area contributed by atoms with Crippen LogP contribution in [0.4, 0.5) is 0 Å². The molecule has 0 rings (SSSR count). The molecule has 0 bridgehead atoms. The Morgan fingerprint density at radius 3 is 2.08 bits per heavy atom. The third-order valence-corrected chi connectivity index (χ3v) is 2.85. The van der Waals surface area contributed by atoms with Gasteiger partial charge in [0.25, 0.3) is 0 Å². The fourth-order valence-corrected chi connectivity index (χ4v) is 1.28. The summed E-state index contributed by atoms with van der Waals surface area (Å²) in [6.07, 6.45) is 2.64. The first-order chi connectivity index (χ1) is 5.88. The molecule has 0 aromatic heterocycles. The van der Waals surface area contributed by atoms with Crippen molar-refractivity contribution in [3.63, 3.8) is 0 Å². The molecule has 80 valence electrons. The van der Waals surface area contributed by atoms with Gasteiger partial charge in [-0.3, -0.25) is 0 Å². The summed E-state index contributed by atoms with van der Waals surface area (Å²) in [4.78, 5) is 0. The normalized spacial score (nSPS) is 17.1. The molecule has 0 fully saturated rings. The minimum absolute atomic E-state index is 0.381. The Morgan fingerprint density at radius 2 is 1.69 bits per heavy atom. The van der Waals surface area contributed by atoms with Gasteiger partial charge in [0.15, 0.2) is 0 Å². The average molecular weight is 185 g/mol. The van der Waals surface area contributed by atoms with E-state index in [1.165, 1.54) is 12.8 Å². The lowest BCUT2D eigenvalue weighted by Gasteiger charge is -2.29. The SMILES string of the molecule is CCCC(C)CN[C@H](C)C(C)(C)C. The molecule has 1 nitrogen and oxygen atoms in total. The Hall–Kier alpha value is -0.0400. The molecular formula is C12H27N. The van der Waals surface area contributed by atoms with Crippen molar-refractivity contribution in [3.05, 3.63) is 0 Å². The summed E-state index contributed by atoms with van der Waals surface area (Å²) in [6, 6.07) is 0.604. The first-order valence-corrected chi connectivity index (χ1v) is 5.61. The summed E-state index contributed by atoms with van der Waals surface area (Å²) >= 11 is 0. The van der Waals surface area contributed by atoms with Crippen LogP contribution in [0.15, 0.2) is 0 Å². The highest BCUT2D eigenvalue weighted by molar-refractivity contribution is 4.76. The van der Waals surface area contributed by atoms with Crippen LogP contribution in [-0.4, -0.2) is 12.6 Å². The highest BCUT2D eigenvalue weighted by Gasteiger charge is 2.19. The molecule has 2 atom stereocenters. The van der Waals surface area contributed by atoms with Crippen LogP contribution in [0.25, 0.3) is 0 Å². The monoisotopic (exact) mass is 185 g/mol. The van der Waals surface area contributed by atoms with Gasteiger partial charge in [-0.25, -0.2) is 0 Å². The fourth-order valence-electron chi connectivity index (χ4n) is 1.28. The Kier molecular flexibility index (Phi) is 5.62. The van der Waals surface area contributed by atoms with Crippen LogP contribution in [0.1, 0.15) is 54.4 Å². The van der Waals surface area contributed by atoms with E-state index in [2.05, 4.69) is 46.9 Å². The quantitative estimate of drug-likeness (QED) is 0.692. The van der Waals surface area contributed by atoms with Crippen LogP contribution in [0.5, 0.6) is 0 Å². The molecule has 0 aromatic rings. The summed E-state index contributed by atoms with van der Waals surface area (Å²) in [5.74, 6) is 0.815. The molecule has 0 aromatic carbocycles. The van der Waals surface area contributed by atoms with Gasteiger partial charge in [-0.2, -0.15) is 0 Å². The minimum atomic E-state index is 0.381. The van der Waals surface area contributed by atoms with Crippen molar-refractivity contribution in [1.82, 2.24) is 5.32 Å². The zero-order valence-electron chi connectivity index (χ0n) is 10.3. The third kappa shape index (κ3) is 6.09. The van der Waals surface area contributed by atoms with Crippen molar-refractivity contribution < 1.29 is 0 Å². The van der Waals surface area contributed by atoms with Crippen molar-refractivity contribution in [3.8, 4) is 0 Å². The molecule has 0 saturated heterocycles. The predicted molar refractivity (Wildman–Crippen MR) is 61.0 cm³/mol. The summed E-state index contributed by atoms with van der Waals surface area (Å²) in [6.45, 7) is 14.9. The van der Waals surface area contributed by atoms with E-state index in [1.54, 1.807) is 0 Å². The zero-order chi connectivity index (χ0) is 10.5. The summed E-state index contributed by atoms with van der Waals surface area (Å²) in [5, 5.41) is 3.61. The van der Waals surface area contributed by atoms with E-state index in [0.29, 0.717) is 11.5 Å². The molecule has 0 aliphatic heterocycles. The van der Waals surface area contributed by atoms with Crippen molar-refractivity contribution >= 4 is 0 Å². The number of hydrogen-bond acceptors (Lipinski definition) is 1. The molecule has 0 aliphatic rings. The van der Waals surface area contributed by atoms with Crippen molar-refractivity contribution in [2.24, 2.45) is 11.3 Å². The van der Waals surface area contributed by atoms with Crippen LogP contribution in [0, 0.1) is 11.3 Å². The first kappa shape index (κ1) is 13.0. The average Bonchev–Trinajstić information content (AvgIpc) is 1.99. The molecule has 0 aliphatic carbocycles. The van der Waals surface area contributed by atoms with Crippen LogP contribution in [-0.2, 0) is 0 Å². The molecule has 1 unspecified atom stereocenters. The number of rotatable bonds is 5. The van der Waals surface area contributed by atoms with Crippen LogP contribution in [0.2, 0.25) is 0 Å². The maximum atomic E-state index is 3.61. The summed E-state index contributed by atoms with van der Waals surface area (Å²) in [5.41, 5.74) is 0.381. The fraction of sp³-hybridized carbons (Fsp3) is 1.00. The summed E-state index contributed by atoms with van der Waals surface area (Å²) < 4.78 is 0. The van der Waals surface area contributed by atoms with Crippen molar-refractivity contribution in [2.45, 2.75) is 60.4 Å². The third-order valence-electron chi connectivity index (χ3n) is 2.85. The zero-order valence-corrected chi connectivity index (χ0v) is 10.3. The molecule has 0 heterocycles. The van der Waals surface area contributed by atoms with Gasteiger partial charge >= 0.3 is 0 Å². The van der Waals surface area contributed by atoms with E-state index < -0.39 is 0 Å². The largest absolute Gasteiger partial charge is 0.313 e. The van der Waals surface area contributed by atoms with Crippen molar-refractivity contribution in [1.29, 1.82) is 0 Å². The number of hydrogen-bond donors (Lipinski definition) is 1. The Morgan fingerprint density at radius 1 is 1.15 bits per heavy atom. The van der Waals surface area contributed by atoms with E-state index in [-0.39, 0.29) is 0 Å². The lowest BCUT2D eigenvalue weighted by atomic mass is 9.88. The Bertz CT molecular complexity index is 124. The highest BCUT2D eigenvalue weighted by atomic mass is 14.9. The lowest BCUT2D eigenvalue weighted by molar-refractivity contribution is 0.273. The molecule has 0 radical (unpaired) electrons. The van der Waals surface area contributed by atoms with Gasteiger partial charge in [0.1, 0.15) is 0 Å². The van der Waals surface area contributed by atoms with Crippen molar-refractivity contribution in [2.75, 3.05) is 6.54 Å².